The fourth-order valence-electron chi connectivity index (χ4n) is 2.42. The van der Waals surface area contributed by atoms with Gasteiger partial charge in [0.1, 0.15) is 17.1 Å². The molecule has 0 aliphatic rings. The zero-order valence-corrected chi connectivity index (χ0v) is 14.8. The van der Waals surface area contributed by atoms with Gasteiger partial charge >= 0.3 is 6.09 Å². The lowest BCUT2D eigenvalue weighted by molar-refractivity contribution is 0.0636. The number of carbonyl (C=O) groups is 1. The van der Waals surface area contributed by atoms with Gasteiger partial charge in [-0.2, -0.15) is 0 Å². The third kappa shape index (κ3) is 5.04. The topological polar surface area (TPSA) is 90.8 Å². The van der Waals surface area contributed by atoms with Crippen LogP contribution in [0.3, 0.4) is 0 Å². The van der Waals surface area contributed by atoms with E-state index in [0.717, 1.165) is 0 Å². The molecule has 1 amide bonds. The van der Waals surface area contributed by atoms with E-state index in [4.69, 9.17) is 4.74 Å². The van der Waals surface area contributed by atoms with Crippen LogP contribution in [0, 0.1) is 0 Å². The number of phenols is 2. The minimum absolute atomic E-state index is 0.00224. The van der Waals surface area contributed by atoms with Crippen molar-refractivity contribution in [3.8, 4) is 11.5 Å². The molecule has 0 heterocycles. The number of phenolic OH excluding ortho intramolecular Hbond substituents is 2. The molecule has 0 aliphatic heterocycles. The number of carbonyl (C=O) groups excluding carboxylic acids is 1. The van der Waals surface area contributed by atoms with E-state index in [0.29, 0.717) is 16.9 Å². The summed E-state index contributed by atoms with van der Waals surface area (Å²) in [6.45, 7) is 7.18. The molecule has 25 heavy (non-hydrogen) atoms. The summed E-state index contributed by atoms with van der Waals surface area (Å²) < 4.78 is 5.27. The monoisotopic (exact) mass is 344 g/mol. The molecule has 2 aromatic rings. The number of anilines is 2. The average Bonchev–Trinajstić information content (AvgIpc) is 2.47. The quantitative estimate of drug-likeness (QED) is 0.650. The van der Waals surface area contributed by atoms with Crippen molar-refractivity contribution in [2.45, 2.75) is 39.3 Å². The van der Waals surface area contributed by atoms with Gasteiger partial charge < -0.3 is 20.3 Å². The highest BCUT2D eigenvalue weighted by atomic mass is 16.6. The Hall–Kier alpha value is -2.89. The molecule has 0 bridgehead atoms. The second kappa shape index (κ2) is 7.34. The van der Waals surface area contributed by atoms with Crippen LogP contribution in [0.1, 0.15) is 39.3 Å². The van der Waals surface area contributed by atoms with Crippen molar-refractivity contribution in [1.29, 1.82) is 0 Å². The lowest BCUT2D eigenvalue weighted by atomic mass is 10.1. The van der Waals surface area contributed by atoms with Crippen molar-refractivity contribution in [3.05, 3.63) is 48.0 Å². The van der Waals surface area contributed by atoms with Crippen LogP contribution < -0.4 is 10.6 Å². The summed E-state index contributed by atoms with van der Waals surface area (Å²) in [5.74, 6) is -0.00448. The number of nitrogens with one attached hydrogen (secondary N) is 2. The third-order valence-electron chi connectivity index (χ3n) is 3.43. The number of ether oxygens (including phenoxy) is 1. The molecule has 0 aromatic heterocycles. The summed E-state index contributed by atoms with van der Waals surface area (Å²) in [5.41, 5.74) is 0.970. The van der Waals surface area contributed by atoms with Gasteiger partial charge in [0.25, 0.3) is 0 Å². The molecule has 0 aliphatic carbocycles. The van der Waals surface area contributed by atoms with Crippen LogP contribution in [0.15, 0.2) is 42.5 Å². The van der Waals surface area contributed by atoms with Crippen LogP contribution >= 0.6 is 0 Å². The SMILES string of the molecule is CC(Nc1ccccc1NC(=O)OC(C)(C)C)c1c(O)cccc1O. The molecular formula is C19H24N2O4. The van der Waals surface area contributed by atoms with Crippen molar-refractivity contribution < 1.29 is 19.7 Å². The normalized spacial score (nSPS) is 12.3. The summed E-state index contributed by atoms with van der Waals surface area (Å²) >= 11 is 0. The fraction of sp³-hybridized carbons (Fsp3) is 0.316. The van der Waals surface area contributed by atoms with E-state index in [1.54, 1.807) is 52.0 Å². The second-order valence-electron chi connectivity index (χ2n) is 6.75. The zero-order chi connectivity index (χ0) is 18.6. The second-order valence-corrected chi connectivity index (χ2v) is 6.75. The molecule has 1 atom stereocenters. The van der Waals surface area contributed by atoms with Crippen LogP contribution in [-0.4, -0.2) is 21.9 Å². The number of benzene rings is 2. The lowest BCUT2D eigenvalue weighted by Crippen LogP contribution is -2.27. The van der Waals surface area contributed by atoms with E-state index < -0.39 is 11.7 Å². The Labute approximate surface area is 147 Å². The first-order chi connectivity index (χ1) is 11.7. The highest BCUT2D eigenvalue weighted by molar-refractivity contribution is 5.89. The maximum atomic E-state index is 12.0. The molecule has 2 rings (SSSR count). The Kier molecular flexibility index (Phi) is 5.41. The largest absolute Gasteiger partial charge is 0.507 e. The van der Waals surface area contributed by atoms with Gasteiger partial charge in [0, 0.05) is 0 Å². The van der Waals surface area contributed by atoms with Gasteiger partial charge in [-0.1, -0.05) is 18.2 Å². The molecule has 0 saturated carbocycles. The van der Waals surface area contributed by atoms with Crippen molar-refractivity contribution in [1.82, 2.24) is 0 Å². The summed E-state index contributed by atoms with van der Waals surface area (Å²) in [7, 11) is 0. The van der Waals surface area contributed by atoms with Gasteiger partial charge in [0.05, 0.1) is 23.0 Å². The van der Waals surface area contributed by atoms with E-state index in [9.17, 15) is 15.0 Å². The van der Waals surface area contributed by atoms with E-state index in [2.05, 4.69) is 10.6 Å². The van der Waals surface area contributed by atoms with Gasteiger partial charge in [-0.25, -0.2) is 4.79 Å². The van der Waals surface area contributed by atoms with Crippen molar-refractivity contribution >= 4 is 17.5 Å². The summed E-state index contributed by atoms with van der Waals surface area (Å²) in [6.07, 6.45) is -0.556. The highest BCUT2D eigenvalue weighted by Crippen LogP contribution is 2.35. The number of para-hydroxylation sites is 2. The van der Waals surface area contributed by atoms with Gasteiger partial charge in [0.2, 0.25) is 0 Å². The van der Waals surface area contributed by atoms with Gasteiger partial charge in [-0.05, 0) is 52.0 Å². The van der Waals surface area contributed by atoms with E-state index >= 15 is 0 Å². The smallest absolute Gasteiger partial charge is 0.412 e. The van der Waals surface area contributed by atoms with Crippen LogP contribution in [0.4, 0.5) is 16.2 Å². The predicted molar refractivity (Wildman–Crippen MR) is 98.1 cm³/mol. The summed E-state index contributed by atoms with van der Waals surface area (Å²) in [5, 5.41) is 25.9. The van der Waals surface area contributed by atoms with Crippen LogP contribution in [-0.2, 0) is 4.74 Å². The van der Waals surface area contributed by atoms with Crippen molar-refractivity contribution in [3.63, 3.8) is 0 Å². The van der Waals surface area contributed by atoms with Crippen LogP contribution in [0.5, 0.6) is 11.5 Å². The molecule has 6 heteroatoms. The molecule has 134 valence electrons. The molecule has 0 radical (unpaired) electrons. The lowest BCUT2D eigenvalue weighted by Gasteiger charge is -2.22. The summed E-state index contributed by atoms with van der Waals surface area (Å²) in [4.78, 5) is 12.0. The van der Waals surface area contributed by atoms with Crippen molar-refractivity contribution in [2.75, 3.05) is 10.6 Å². The number of aromatic hydroxyl groups is 2. The van der Waals surface area contributed by atoms with Gasteiger partial charge in [-0.15, -0.1) is 0 Å². The first kappa shape index (κ1) is 18.4. The molecule has 0 saturated heterocycles. The van der Waals surface area contributed by atoms with Gasteiger partial charge in [-0.3, -0.25) is 5.32 Å². The number of amides is 1. The van der Waals surface area contributed by atoms with E-state index in [-0.39, 0.29) is 17.5 Å². The summed E-state index contributed by atoms with van der Waals surface area (Å²) in [6, 6.07) is 11.3. The molecule has 1 unspecified atom stereocenters. The van der Waals surface area contributed by atoms with Crippen LogP contribution in [0.25, 0.3) is 0 Å². The zero-order valence-electron chi connectivity index (χ0n) is 14.8. The first-order valence-corrected chi connectivity index (χ1v) is 8.04. The number of hydrogen-bond acceptors (Lipinski definition) is 5. The molecule has 2 aromatic carbocycles. The molecule has 6 nitrogen and oxygen atoms in total. The van der Waals surface area contributed by atoms with Crippen LogP contribution in [0.2, 0.25) is 0 Å². The Morgan fingerprint density at radius 3 is 2.12 bits per heavy atom. The average molecular weight is 344 g/mol. The number of rotatable bonds is 4. The molecule has 4 N–H and O–H groups in total. The third-order valence-corrected chi connectivity index (χ3v) is 3.43. The molecular weight excluding hydrogens is 320 g/mol. The predicted octanol–water partition coefficient (Wildman–Crippen LogP) is 4.62. The first-order valence-electron chi connectivity index (χ1n) is 8.04. The Bertz CT molecular complexity index is 733. The highest BCUT2D eigenvalue weighted by Gasteiger charge is 2.19. The number of hydrogen-bond donors (Lipinski definition) is 4. The van der Waals surface area contributed by atoms with E-state index in [1.165, 1.54) is 12.1 Å². The van der Waals surface area contributed by atoms with E-state index in [1.807, 2.05) is 6.07 Å². The van der Waals surface area contributed by atoms with Gasteiger partial charge in [0.15, 0.2) is 0 Å². The Morgan fingerprint density at radius 1 is 1.00 bits per heavy atom. The Morgan fingerprint density at radius 2 is 1.56 bits per heavy atom. The Balaban J connectivity index is 2.19. The minimum atomic E-state index is -0.596. The fourth-order valence-corrected chi connectivity index (χ4v) is 2.42. The standard InChI is InChI=1S/C19H24N2O4/c1-12(17-15(22)10-7-11-16(17)23)20-13-8-5-6-9-14(13)21-18(24)25-19(2,3)4/h5-12,20,22-23H,1-4H3,(H,21,24). The van der Waals surface area contributed by atoms with Crippen molar-refractivity contribution in [2.24, 2.45) is 0 Å². The maximum absolute atomic E-state index is 12.0. The molecule has 0 spiro atoms. The minimum Gasteiger partial charge on any atom is -0.507 e. The molecule has 0 fully saturated rings. The maximum Gasteiger partial charge on any atom is 0.412 e.